The van der Waals surface area contributed by atoms with Gasteiger partial charge in [0.25, 0.3) is 0 Å². The zero-order valence-corrected chi connectivity index (χ0v) is 31.7. The summed E-state index contributed by atoms with van der Waals surface area (Å²) in [6, 6.07) is 4.52. The molecule has 0 amide bonds. The molecule has 0 aromatic heterocycles. The minimum atomic E-state index is -1.44. The molecule has 0 atom stereocenters. The molecule has 1 nitrogen and oxygen atoms in total. The van der Waals surface area contributed by atoms with Crippen LogP contribution in [0.4, 0.5) is 0 Å². The Balaban J connectivity index is 0. The number of nitrogens with zero attached hydrogens (tertiary/aromatic N) is 1. The van der Waals surface area contributed by atoms with Crippen molar-refractivity contribution in [2.24, 2.45) is 4.74 Å². The SMILES string of the molecule is CC=CC=CCC.CCCC[Si](C)(C)P(=NC1=CC=CC1)([Si](C)(C)CCCC)[Si](C)(C)CCCC.[Ti]. The maximum atomic E-state index is 6.08. The van der Waals surface area contributed by atoms with Crippen LogP contribution in [-0.2, 0) is 21.7 Å². The van der Waals surface area contributed by atoms with Gasteiger partial charge in [0, 0.05) is 33.8 Å². The molecule has 0 fully saturated rings. The van der Waals surface area contributed by atoms with Crippen molar-refractivity contribution in [1.82, 2.24) is 0 Å². The van der Waals surface area contributed by atoms with E-state index in [4.69, 9.17) is 4.74 Å². The molecular formula is C30H62NPSi3Ti. The first-order chi connectivity index (χ1) is 16.4. The Kier molecular flexibility index (Phi) is 21.1. The van der Waals surface area contributed by atoms with Crippen LogP contribution in [0.1, 0.15) is 86.0 Å². The molecular weight excluding hydrogens is 537 g/mol. The molecule has 0 N–H and O–H groups in total. The molecule has 0 saturated carbocycles. The van der Waals surface area contributed by atoms with Crippen molar-refractivity contribution in [2.45, 2.75) is 143 Å². The minimum Gasteiger partial charge on any atom is -0.283 e. The minimum absolute atomic E-state index is 0. The van der Waals surface area contributed by atoms with Crippen molar-refractivity contribution < 1.29 is 21.7 Å². The molecule has 0 saturated heterocycles. The van der Waals surface area contributed by atoms with E-state index in [1.807, 2.05) is 19.1 Å². The molecule has 0 aromatic carbocycles. The molecule has 6 heteroatoms. The second-order valence-corrected chi connectivity index (χ2v) is 46.7. The van der Waals surface area contributed by atoms with Gasteiger partial charge in [-0.3, -0.25) is 4.74 Å². The topological polar surface area (TPSA) is 12.4 Å². The van der Waals surface area contributed by atoms with E-state index in [0.717, 1.165) is 12.8 Å². The van der Waals surface area contributed by atoms with E-state index in [2.05, 4.69) is 97.4 Å². The maximum absolute atomic E-state index is 6.08. The third kappa shape index (κ3) is 11.3. The molecule has 0 unspecified atom stereocenters. The van der Waals surface area contributed by atoms with Crippen LogP contribution in [0.15, 0.2) is 53.0 Å². The van der Waals surface area contributed by atoms with Crippen LogP contribution in [0.3, 0.4) is 0 Å². The zero-order chi connectivity index (χ0) is 27.0. The summed E-state index contributed by atoms with van der Waals surface area (Å²) in [5, 5.41) is 0. The van der Waals surface area contributed by atoms with Gasteiger partial charge < -0.3 is 0 Å². The standard InChI is InChI=1S/C23H50NPSi3.C7H12.Ti/c1-10-13-20-26(4,5)25(24-23-18-16-17-19-23,27(6,7)21-14-11-2)28(8,9)22-15-12-3;1-3-5-7-6-4-2;/h16-18H,10-15,19-22H2,1-9H3;3,5-7H,4H2,1-2H3;. The molecule has 1 rings (SSSR count). The van der Waals surface area contributed by atoms with Crippen LogP contribution in [0, 0.1) is 0 Å². The van der Waals surface area contributed by atoms with Gasteiger partial charge in [0.15, 0.2) is 0 Å². The Morgan fingerprint density at radius 1 is 0.778 bits per heavy atom. The summed E-state index contributed by atoms with van der Waals surface area (Å²) in [5.41, 5.74) is 0.134. The van der Waals surface area contributed by atoms with Crippen molar-refractivity contribution in [3.63, 3.8) is 0 Å². The number of allylic oxidation sites excluding steroid dienone is 7. The number of hydrogen-bond acceptors (Lipinski definition) is 1. The molecule has 0 heterocycles. The van der Waals surface area contributed by atoms with E-state index in [1.165, 1.54) is 62.4 Å². The summed E-state index contributed by atoms with van der Waals surface area (Å²) >= 11 is 0. The van der Waals surface area contributed by atoms with Gasteiger partial charge in [-0.05, 0) is 19.4 Å². The quantitative estimate of drug-likeness (QED) is 0.101. The summed E-state index contributed by atoms with van der Waals surface area (Å²) in [6.07, 6.45) is 25.7. The normalized spacial score (nSPS) is 14.6. The summed E-state index contributed by atoms with van der Waals surface area (Å²) in [7, 11) is -4.33. The van der Waals surface area contributed by atoms with Crippen LogP contribution < -0.4 is 0 Å². The van der Waals surface area contributed by atoms with Gasteiger partial charge in [0.1, 0.15) is 0 Å². The Bertz CT molecular complexity index is 707. The second-order valence-electron chi connectivity index (χ2n) is 12.1. The van der Waals surface area contributed by atoms with Gasteiger partial charge in [-0.2, -0.15) is 0 Å². The van der Waals surface area contributed by atoms with Crippen LogP contribution >= 0.6 is 5.70 Å². The molecule has 208 valence electrons. The van der Waals surface area contributed by atoms with Gasteiger partial charge in [-0.1, -0.05) is 166 Å². The number of rotatable bonds is 15. The maximum Gasteiger partial charge on any atom is 0.0873 e. The van der Waals surface area contributed by atoms with Crippen molar-refractivity contribution >= 4 is 28.9 Å². The first kappa shape index (κ1) is 38.7. The van der Waals surface area contributed by atoms with E-state index in [1.54, 1.807) is 0 Å². The molecule has 1 aliphatic rings. The van der Waals surface area contributed by atoms with E-state index in [-0.39, 0.29) is 21.7 Å². The monoisotopic (exact) mass is 599 g/mol. The molecule has 36 heavy (non-hydrogen) atoms. The molecule has 0 aliphatic heterocycles. The fraction of sp³-hybridized carbons (Fsp3) is 0.733. The van der Waals surface area contributed by atoms with Crippen LogP contribution in [0.5, 0.6) is 0 Å². The summed E-state index contributed by atoms with van der Waals surface area (Å²) in [6.45, 7) is 28.0. The van der Waals surface area contributed by atoms with Gasteiger partial charge in [-0.25, -0.2) is 0 Å². The van der Waals surface area contributed by atoms with Crippen LogP contribution in [-0.4, -0.2) is 23.2 Å². The average molecular weight is 600 g/mol. The number of hydrogen-bond donors (Lipinski definition) is 0. The Morgan fingerprint density at radius 2 is 1.22 bits per heavy atom. The van der Waals surface area contributed by atoms with Gasteiger partial charge in [0.2, 0.25) is 0 Å². The summed E-state index contributed by atoms with van der Waals surface area (Å²) < 4.78 is 6.08. The fourth-order valence-electron chi connectivity index (χ4n) is 6.21. The molecule has 0 bridgehead atoms. The molecule has 0 aromatic rings. The average Bonchev–Trinajstić information content (AvgIpc) is 3.32. The van der Waals surface area contributed by atoms with Crippen LogP contribution in [0.2, 0.25) is 57.4 Å². The van der Waals surface area contributed by atoms with Crippen molar-refractivity contribution in [2.75, 3.05) is 0 Å². The Morgan fingerprint density at radius 3 is 1.53 bits per heavy atom. The molecule has 0 spiro atoms. The van der Waals surface area contributed by atoms with E-state index in [9.17, 15) is 0 Å². The molecule has 1 aliphatic carbocycles. The first-order valence-electron chi connectivity index (χ1n) is 14.7. The van der Waals surface area contributed by atoms with Crippen molar-refractivity contribution in [1.29, 1.82) is 0 Å². The third-order valence-electron chi connectivity index (χ3n) is 7.76. The smallest absolute Gasteiger partial charge is 0.0873 e. The Labute approximate surface area is 245 Å². The van der Waals surface area contributed by atoms with Gasteiger partial charge in [-0.15, -0.1) is 0 Å². The van der Waals surface area contributed by atoms with Gasteiger partial charge >= 0.3 is 0 Å². The van der Waals surface area contributed by atoms with E-state index < -0.39 is 28.9 Å². The predicted molar refractivity (Wildman–Crippen MR) is 177 cm³/mol. The molecule has 0 radical (unpaired) electrons. The second kappa shape index (κ2) is 19.6. The number of unbranched alkanes of at least 4 members (excludes halogenated alkanes) is 3. The van der Waals surface area contributed by atoms with E-state index >= 15 is 0 Å². The van der Waals surface area contributed by atoms with Gasteiger partial charge in [0.05, 0.1) is 23.2 Å². The summed E-state index contributed by atoms with van der Waals surface area (Å²) in [4.78, 5) is 0. The Hall–Kier alpha value is 0.555. The summed E-state index contributed by atoms with van der Waals surface area (Å²) in [5.74, 6) is 0. The van der Waals surface area contributed by atoms with Crippen LogP contribution in [0.25, 0.3) is 0 Å². The van der Waals surface area contributed by atoms with Crippen molar-refractivity contribution in [3.05, 3.63) is 48.2 Å². The largest absolute Gasteiger partial charge is 0.283 e. The van der Waals surface area contributed by atoms with E-state index in [0.29, 0.717) is 0 Å². The first-order valence-corrected chi connectivity index (χ1v) is 28.6. The third-order valence-corrected chi connectivity index (χ3v) is 69.7. The predicted octanol–water partition coefficient (Wildman–Crippen LogP) is 12.6. The van der Waals surface area contributed by atoms with Crippen molar-refractivity contribution in [3.8, 4) is 0 Å². The zero-order valence-electron chi connectivity index (χ0n) is 26.2. The fourth-order valence-corrected chi connectivity index (χ4v) is 90.1.